The SMILES string of the molecule is O=C(/C=C/C1=CCCC=C1)c1ccccc1. The number of carbonyl (C=O) groups is 1. The highest BCUT2D eigenvalue weighted by Gasteiger charge is 1.99. The molecule has 1 aromatic rings. The predicted molar refractivity (Wildman–Crippen MR) is 66.4 cm³/mol. The highest BCUT2D eigenvalue weighted by molar-refractivity contribution is 6.04. The molecule has 0 unspecified atom stereocenters. The fourth-order valence-electron chi connectivity index (χ4n) is 1.63. The third-order valence-electron chi connectivity index (χ3n) is 2.51. The molecular formula is C15H14O. The second-order valence-electron chi connectivity index (χ2n) is 3.75. The molecule has 0 bridgehead atoms. The first-order valence-electron chi connectivity index (χ1n) is 5.50. The van der Waals surface area contributed by atoms with Crippen LogP contribution in [0.3, 0.4) is 0 Å². The molecule has 1 aliphatic carbocycles. The summed E-state index contributed by atoms with van der Waals surface area (Å²) in [5.41, 5.74) is 1.86. The Kier molecular flexibility index (Phi) is 3.50. The van der Waals surface area contributed by atoms with Crippen molar-refractivity contribution in [2.24, 2.45) is 0 Å². The number of allylic oxidation sites excluding steroid dienone is 6. The average molecular weight is 210 g/mol. The van der Waals surface area contributed by atoms with Crippen molar-refractivity contribution in [1.29, 1.82) is 0 Å². The number of hydrogen-bond donors (Lipinski definition) is 0. The van der Waals surface area contributed by atoms with E-state index in [1.54, 1.807) is 6.08 Å². The molecular weight excluding hydrogens is 196 g/mol. The Morgan fingerprint density at radius 3 is 2.62 bits per heavy atom. The van der Waals surface area contributed by atoms with E-state index in [0.717, 1.165) is 24.0 Å². The molecule has 80 valence electrons. The minimum absolute atomic E-state index is 0.0560. The fourth-order valence-corrected chi connectivity index (χ4v) is 1.63. The van der Waals surface area contributed by atoms with Crippen molar-refractivity contribution < 1.29 is 4.79 Å². The zero-order valence-electron chi connectivity index (χ0n) is 9.10. The monoisotopic (exact) mass is 210 g/mol. The zero-order valence-corrected chi connectivity index (χ0v) is 9.10. The van der Waals surface area contributed by atoms with Gasteiger partial charge in [0.1, 0.15) is 0 Å². The van der Waals surface area contributed by atoms with Gasteiger partial charge in [-0.25, -0.2) is 0 Å². The van der Waals surface area contributed by atoms with Gasteiger partial charge in [-0.3, -0.25) is 4.79 Å². The van der Waals surface area contributed by atoms with Gasteiger partial charge in [-0.05, 0) is 24.5 Å². The third-order valence-corrected chi connectivity index (χ3v) is 2.51. The molecule has 0 radical (unpaired) electrons. The molecule has 0 N–H and O–H groups in total. The Morgan fingerprint density at radius 1 is 1.12 bits per heavy atom. The highest BCUT2D eigenvalue weighted by atomic mass is 16.1. The van der Waals surface area contributed by atoms with Crippen molar-refractivity contribution in [3.8, 4) is 0 Å². The Balaban J connectivity index is 2.05. The van der Waals surface area contributed by atoms with E-state index < -0.39 is 0 Å². The maximum atomic E-state index is 11.7. The van der Waals surface area contributed by atoms with Crippen LogP contribution in [0.15, 0.2) is 66.3 Å². The van der Waals surface area contributed by atoms with Gasteiger partial charge in [0, 0.05) is 5.56 Å². The molecule has 0 saturated heterocycles. The summed E-state index contributed by atoms with van der Waals surface area (Å²) in [5.74, 6) is 0.0560. The lowest BCUT2D eigenvalue weighted by atomic mass is 10.1. The molecule has 0 saturated carbocycles. The largest absolute Gasteiger partial charge is 0.289 e. The number of ketones is 1. The Labute approximate surface area is 95.8 Å². The summed E-state index contributed by atoms with van der Waals surface area (Å²) in [6, 6.07) is 9.32. The molecule has 1 nitrogen and oxygen atoms in total. The van der Waals surface area contributed by atoms with Gasteiger partial charge in [0.15, 0.2) is 5.78 Å². The van der Waals surface area contributed by atoms with E-state index in [1.807, 2.05) is 36.4 Å². The minimum Gasteiger partial charge on any atom is -0.289 e. The molecule has 1 heteroatoms. The van der Waals surface area contributed by atoms with Crippen molar-refractivity contribution in [2.75, 3.05) is 0 Å². The molecule has 16 heavy (non-hydrogen) atoms. The summed E-state index contributed by atoms with van der Waals surface area (Å²) in [7, 11) is 0. The van der Waals surface area contributed by atoms with Crippen molar-refractivity contribution in [3.63, 3.8) is 0 Å². The maximum Gasteiger partial charge on any atom is 0.185 e. The van der Waals surface area contributed by atoms with Crippen molar-refractivity contribution in [3.05, 3.63) is 71.8 Å². The van der Waals surface area contributed by atoms with E-state index in [9.17, 15) is 4.79 Å². The van der Waals surface area contributed by atoms with Gasteiger partial charge in [-0.15, -0.1) is 0 Å². The predicted octanol–water partition coefficient (Wildman–Crippen LogP) is 3.70. The van der Waals surface area contributed by atoms with E-state index >= 15 is 0 Å². The van der Waals surface area contributed by atoms with Crippen LogP contribution >= 0.6 is 0 Å². The third kappa shape index (κ3) is 2.80. The van der Waals surface area contributed by atoms with Crippen LogP contribution in [-0.4, -0.2) is 5.78 Å². The van der Waals surface area contributed by atoms with Crippen LogP contribution in [-0.2, 0) is 0 Å². The lowest BCUT2D eigenvalue weighted by molar-refractivity contribution is 0.104. The Bertz CT molecular complexity index is 450. The number of rotatable bonds is 3. The quantitative estimate of drug-likeness (QED) is 0.549. The molecule has 0 aliphatic heterocycles. The van der Waals surface area contributed by atoms with E-state index in [1.165, 1.54) is 0 Å². The van der Waals surface area contributed by atoms with Crippen LogP contribution in [0.25, 0.3) is 0 Å². The fraction of sp³-hybridized carbons (Fsp3) is 0.133. The summed E-state index contributed by atoms with van der Waals surface area (Å²) in [4.78, 5) is 11.7. The molecule has 1 aliphatic rings. The van der Waals surface area contributed by atoms with Crippen LogP contribution in [0.2, 0.25) is 0 Å². The Morgan fingerprint density at radius 2 is 1.94 bits per heavy atom. The molecule has 0 fully saturated rings. The van der Waals surface area contributed by atoms with E-state index in [4.69, 9.17) is 0 Å². The second-order valence-corrected chi connectivity index (χ2v) is 3.75. The van der Waals surface area contributed by atoms with Gasteiger partial charge in [0.25, 0.3) is 0 Å². The Hall–Kier alpha value is -1.89. The first kappa shape index (κ1) is 10.6. The molecule has 0 spiro atoms. The smallest absolute Gasteiger partial charge is 0.185 e. The normalized spacial score (nSPS) is 15.1. The van der Waals surface area contributed by atoms with Gasteiger partial charge in [0.2, 0.25) is 0 Å². The van der Waals surface area contributed by atoms with Crippen LogP contribution < -0.4 is 0 Å². The van der Waals surface area contributed by atoms with E-state index in [0.29, 0.717) is 0 Å². The molecule has 0 amide bonds. The topological polar surface area (TPSA) is 17.1 Å². The van der Waals surface area contributed by atoms with E-state index in [-0.39, 0.29) is 5.78 Å². The van der Waals surface area contributed by atoms with Gasteiger partial charge >= 0.3 is 0 Å². The first-order valence-corrected chi connectivity index (χ1v) is 5.50. The summed E-state index contributed by atoms with van der Waals surface area (Å²) in [6.07, 6.45) is 12.0. The molecule has 0 aromatic heterocycles. The van der Waals surface area contributed by atoms with Crippen molar-refractivity contribution in [1.82, 2.24) is 0 Å². The minimum atomic E-state index is 0.0560. The van der Waals surface area contributed by atoms with Crippen molar-refractivity contribution >= 4 is 5.78 Å². The van der Waals surface area contributed by atoms with Crippen LogP contribution in [0.4, 0.5) is 0 Å². The molecule has 1 aromatic carbocycles. The number of benzene rings is 1. The second kappa shape index (κ2) is 5.26. The average Bonchev–Trinajstić information content (AvgIpc) is 2.38. The highest BCUT2D eigenvalue weighted by Crippen LogP contribution is 2.11. The number of hydrogen-bond acceptors (Lipinski definition) is 1. The summed E-state index contributed by atoms with van der Waals surface area (Å²) < 4.78 is 0. The molecule has 0 heterocycles. The van der Waals surface area contributed by atoms with Crippen LogP contribution in [0, 0.1) is 0 Å². The van der Waals surface area contributed by atoms with Gasteiger partial charge in [-0.2, -0.15) is 0 Å². The van der Waals surface area contributed by atoms with Gasteiger partial charge < -0.3 is 0 Å². The summed E-state index contributed by atoms with van der Waals surface area (Å²) >= 11 is 0. The molecule has 0 atom stereocenters. The molecule has 2 rings (SSSR count). The summed E-state index contributed by atoms with van der Waals surface area (Å²) in [6.45, 7) is 0. The zero-order chi connectivity index (χ0) is 11.2. The van der Waals surface area contributed by atoms with Crippen LogP contribution in [0.5, 0.6) is 0 Å². The van der Waals surface area contributed by atoms with E-state index in [2.05, 4.69) is 18.2 Å². The van der Waals surface area contributed by atoms with Gasteiger partial charge in [-0.1, -0.05) is 54.6 Å². The number of carbonyl (C=O) groups excluding carboxylic acids is 1. The van der Waals surface area contributed by atoms with Gasteiger partial charge in [0.05, 0.1) is 0 Å². The summed E-state index contributed by atoms with van der Waals surface area (Å²) in [5, 5.41) is 0. The van der Waals surface area contributed by atoms with Crippen LogP contribution in [0.1, 0.15) is 23.2 Å². The first-order chi connectivity index (χ1) is 7.86. The van der Waals surface area contributed by atoms with Crippen molar-refractivity contribution in [2.45, 2.75) is 12.8 Å². The standard InChI is InChI=1S/C15H14O/c16-15(14-9-5-2-6-10-14)12-11-13-7-3-1-4-8-13/h2-3,5-12H,1,4H2/b12-11+. The lowest BCUT2D eigenvalue weighted by Gasteiger charge is -2.00. The maximum absolute atomic E-state index is 11.7. The lowest BCUT2D eigenvalue weighted by Crippen LogP contribution is -1.93.